The van der Waals surface area contributed by atoms with Crippen molar-refractivity contribution in [1.82, 2.24) is 10.2 Å². The smallest absolute Gasteiger partial charge is 0.239 e. The first kappa shape index (κ1) is 17.1. The maximum atomic E-state index is 12.4. The molecular weight excluding hydrogens is 298 g/mol. The van der Waals surface area contributed by atoms with Gasteiger partial charge in [-0.05, 0) is 44.4 Å². The predicted molar refractivity (Wildman–Crippen MR) is 92.7 cm³/mol. The summed E-state index contributed by atoms with van der Waals surface area (Å²) < 4.78 is 0. The molecule has 1 N–H and O–H groups in total. The number of nitrogens with one attached hydrogen (secondary N) is 1. The van der Waals surface area contributed by atoms with Crippen LogP contribution < -0.4 is 10.2 Å². The number of carbonyl (C=O) groups is 1. The van der Waals surface area contributed by atoms with Crippen LogP contribution in [0, 0.1) is 0 Å². The molecule has 22 heavy (non-hydrogen) atoms. The van der Waals surface area contributed by atoms with Gasteiger partial charge in [-0.3, -0.25) is 4.79 Å². The number of hydrogen-bond acceptors (Lipinski definition) is 3. The molecule has 1 atom stereocenters. The van der Waals surface area contributed by atoms with Crippen LogP contribution in [0.15, 0.2) is 30.3 Å². The van der Waals surface area contributed by atoms with Crippen molar-refractivity contribution in [3.63, 3.8) is 0 Å². The molecule has 4 nitrogen and oxygen atoms in total. The Bertz CT molecular complexity index is 468. The fourth-order valence-electron chi connectivity index (χ4n) is 3.46. The third-order valence-corrected chi connectivity index (χ3v) is 4.85. The molecule has 2 aliphatic heterocycles. The van der Waals surface area contributed by atoms with Crippen molar-refractivity contribution in [3.05, 3.63) is 30.3 Å². The molecule has 0 radical (unpaired) electrons. The van der Waals surface area contributed by atoms with Crippen molar-refractivity contribution in [1.29, 1.82) is 0 Å². The van der Waals surface area contributed by atoms with Crippen LogP contribution in [0.1, 0.15) is 25.7 Å². The second kappa shape index (κ2) is 7.84. The number of benzene rings is 1. The van der Waals surface area contributed by atoms with Crippen molar-refractivity contribution in [2.24, 2.45) is 0 Å². The monoisotopic (exact) mass is 323 g/mol. The molecule has 1 amide bonds. The molecule has 1 unspecified atom stereocenters. The second-order valence-electron chi connectivity index (χ2n) is 6.15. The van der Waals surface area contributed by atoms with Gasteiger partial charge in [0.15, 0.2) is 0 Å². The summed E-state index contributed by atoms with van der Waals surface area (Å²) in [6.45, 7) is 2.77. The SMILES string of the molecule is CN(c1ccccc1)C1CCN(C(=O)C2CCCN2)CC1.Cl. The Morgan fingerprint density at radius 3 is 2.45 bits per heavy atom. The average molecular weight is 324 g/mol. The molecule has 2 aliphatic rings. The van der Waals surface area contributed by atoms with E-state index < -0.39 is 0 Å². The molecule has 3 rings (SSSR count). The van der Waals surface area contributed by atoms with Crippen LogP contribution in [-0.2, 0) is 4.79 Å². The van der Waals surface area contributed by atoms with Gasteiger partial charge in [-0.25, -0.2) is 0 Å². The molecule has 122 valence electrons. The first-order valence-corrected chi connectivity index (χ1v) is 8.06. The molecule has 0 aliphatic carbocycles. The highest BCUT2D eigenvalue weighted by Crippen LogP contribution is 2.22. The van der Waals surface area contributed by atoms with Gasteiger partial charge in [0.2, 0.25) is 5.91 Å². The summed E-state index contributed by atoms with van der Waals surface area (Å²) in [6, 6.07) is 11.1. The summed E-state index contributed by atoms with van der Waals surface area (Å²) in [6.07, 6.45) is 4.25. The van der Waals surface area contributed by atoms with Crippen LogP contribution >= 0.6 is 12.4 Å². The Kier molecular flexibility index (Phi) is 6.09. The van der Waals surface area contributed by atoms with Crippen molar-refractivity contribution < 1.29 is 4.79 Å². The largest absolute Gasteiger partial charge is 0.371 e. The lowest BCUT2D eigenvalue weighted by atomic mass is 10.0. The minimum atomic E-state index is 0. The van der Waals surface area contributed by atoms with Gasteiger partial charge in [0, 0.05) is 31.9 Å². The van der Waals surface area contributed by atoms with Crippen molar-refractivity contribution in [2.45, 2.75) is 37.8 Å². The fourth-order valence-corrected chi connectivity index (χ4v) is 3.46. The summed E-state index contributed by atoms with van der Waals surface area (Å²) >= 11 is 0. The van der Waals surface area contributed by atoms with E-state index in [9.17, 15) is 4.79 Å². The van der Waals surface area contributed by atoms with Crippen LogP contribution in [0.3, 0.4) is 0 Å². The number of piperidine rings is 1. The van der Waals surface area contributed by atoms with Gasteiger partial charge in [0.1, 0.15) is 0 Å². The quantitative estimate of drug-likeness (QED) is 0.927. The molecule has 0 aromatic heterocycles. The fraction of sp³-hybridized carbons (Fsp3) is 0.588. The summed E-state index contributed by atoms with van der Waals surface area (Å²) in [5.41, 5.74) is 1.26. The van der Waals surface area contributed by atoms with Gasteiger partial charge < -0.3 is 15.1 Å². The van der Waals surface area contributed by atoms with Crippen LogP contribution in [-0.4, -0.2) is 49.6 Å². The van der Waals surface area contributed by atoms with E-state index in [4.69, 9.17) is 0 Å². The highest BCUT2D eigenvalue weighted by Gasteiger charge is 2.30. The first-order chi connectivity index (χ1) is 10.3. The van der Waals surface area contributed by atoms with Crippen molar-refractivity contribution in [2.75, 3.05) is 31.6 Å². The van der Waals surface area contributed by atoms with Crippen LogP contribution in [0.4, 0.5) is 5.69 Å². The molecule has 1 aromatic rings. The topological polar surface area (TPSA) is 35.6 Å². The summed E-state index contributed by atoms with van der Waals surface area (Å²) in [4.78, 5) is 16.8. The molecule has 0 bridgehead atoms. The maximum absolute atomic E-state index is 12.4. The Labute approximate surface area is 139 Å². The van der Waals surface area contributed by atoms with Crippen molar-refractivity contribution >= 4 is 24.0 Å². The van der Waals surface area contributed by atoms with E-state index in [0.717, 1.165) is 45.3 Å². The number of likely N-dealkylation sites (tertiary alicyclic amines) is 1. The lowest BCUT2D eigenvalue weighted by molar-refractivity contribution is -0.134. The average Bonchev–Trinajstić information content (AvgIpc) is 3.09. The Balaban J connectivity index is 0.00000176. The molecule has 0 saturated carbocycles. The Hall–Kier alpha value is -1.26. The van der Waals surface area contributed by atoms with Gasteiger partial charge >= 0.3 is 0 Å². The summed E-state index contributed by atoms with van der Waals surface area (Å²) in [5.74, 6) is 0.313. The minimum absolute atomic E-state index is 0. The second-order valence-corrected chi connectivity index (χ2v) is 6.15. The number of para-hydroxylation sites is 1. The third kappa shape index (κ3) is 3.73. The van der Waals surface area contributed by atoms with E-state index >= 15 is 0 Å². The normalized spacial score (nSPS) is 22.2. The molecule has 2 fully saturated rings. The third-order valence-electron chi connectivity index (χ3n) is 4.85. The van der Waals surface area contributed by atoms with E-state index in [1.165, 1.54) is 5.69 Å². The van der Waals surface area contributed by atoms with Gasteiger partial charge in [0.05, 0.1) is 6.04 Å². The van der Waals surface area contributed by atoms with Crippen LogP contribution in [0.25, 0.3) is 0 Å². The van der Waals surface area contributed by atoms with E-state index in [1.807, 2.05) is 6.07 Å². The minimum Gasteiger partial charge on any atom is -0.371 e. The number of amides is 1. The van der Waals surface area contributed by atoms with Crippen LogP contribution in [0.5, 0.6) is 0 Å². The van der Waals surface area contributed by atoms with Gasteiger partial charge in [-0.2, -0.15) is 0 Å². The lowest BCUT2D eigenvalue weighted by Crippen LogP contribution is -2.50. The predicted octanol–water partition coefficient (Wildman–Crippen LogP) is 2.29. The van der Waals surface area contributed by atoms with Crippen LogP contribution in [0.2, 0.25) is 0 Å². The van der Waals surface area contributed by atoms with Gasteiger partial charge in [-0.15, -0.1) is 12.4 Å². The van der Waals surface area contributed by atoms with Crippen molar-refractivity contribution in [3.8, 4) is 0 Å². The van der Waals surface area contributed by atoms with E-state index in [1.54, 1.807) is 0 Å². The number of anilines is 1. The zero-order valence-electron chi connectivity index (χ0n) is 13.2. The standard InChI is InChI=1S/C17H25N3O.ClH/c1-19(14-6-3-2-4-7-14)15-9-12-20(13-10-15)17(21)16-8-5-11-18-16;/h2-4,6-7,15-16,18H,5,8-13H2,1H3;1H. The Morgan fingerprint density at radius 1 is 1.18 bits per heavy atom. The van der Waals surface area contributed by atoms with E-state index in [-0.39, 0.29) is 18.4 Å². The maximum Gasteiger partial charge on any atom is 0.239 e. The number of nitrogens with zero attached hydrogens (tertiary/aromatic N) is 2. The molecule has 5 heteroatoms. The van der Waals surface area contributed by atoms with E-state index in [2.05, 4.69) is 46.4 Å². The molecule has 0 spiro atoms. The number of halogens is 1. The first-order valence-electron chi connectivity index (χ1n) is 8.06. The summed E-state index contributed by atoms with van der Waals surface area (Å²) in [5, 5.41) is 3.31. The van der Waals surface area contributed by atoms with E-state index in [0.29, 0.717) is 11.9 Å². The molecular formula is C17H26ClN3O. The zero-order chi connectivity index (χ0) is 14.7. The number of hydrogen-bond donors (Lipinski definition) is 1. The van der Waals surface area contributed by atoms with Gasteiger partial charge in [-0.1, -0.05) is 18.2 Å². The molecule has 2 heterocycles. The molecule has 1 aromatic carbocycles. The molecule has 2 saturated heterocycles. The lowest BCUT2D eigenvalue weighted by Gasteiger charge is -2.38. The number of carbonyl (C=O) groups excluding carboxylic acids is 1. The number of rotatable bonds is 3. The zero-order valence-corrected chi connectivity index (χ0v) is 14.0. The van der Waals surface area contributed by atoms with Gasteiger partial charge in [0.25, 0.3) is 0 Å². The summed E-state index contributed by atoms with van der Waals surface area (Å²) in [7, 11) is 2.16. The highest BCUT2D eigenvalue weighted by molar-refractivity contribution is 5.85. The highest BCUT2D eigenvalue weighted by atomic mass is 35.5. The Morgan fingerprint density at radius 2 is 1.86 bits per heavy atom.